The van der Waals surface area contributed by atoms with Crippen LogP contribution in [0.15, 0.2) is 36.4 Å². The molecule has 3 heterocycles. The Morgan fingerprint density at radius 3 is 2.54 bits per heavy atom. The van der Waals surface area contributed by atoms with Crippen molar-refractivity contribution in [2.75, 3.05) is 0 Å². The van der Waals surface area contributed by atoms with Crippen molar-refractivity contribution in [3.05, 3.63) is 92.4 Å². The van der Waals surface area contributed by atoms with Gasteiger partial charge in [0.25, 0.3) is 5.91 Å². The summed E-state index contributed by atoms with van der Waals surface area (Å²) in [6, 6.07) is 7.21. The van der Waals surface area contributed by atoms with E-state index in [2.05, 4.69) is 15.1 Å². The summed E-state index contributed by atoms with van der Waals surface area (Å²) in [6.45, 7) is 2.48. The van der Waals surface area contributed by atoms with Gasteiger partial charge in [-0.1, -0.05) is 23.7 Å². The smallest absolute Gasteiger partial charge is 0.398 e. The number of alkyl halides is 3. The first-order valence-electron chi connectivity index (χ1n) is 14.7. The number of carboxylic acid groups (broad SMARTS) is 1. The molecule has 0 spiro atoms. The zero-order valence-corrected chi connectivity index (χ0v) is 25.1. The first kappa shape index (κ1) is 30.2. The molecular formula is C32H26ClF4N5O4. The lowest BCUT2D eigenvalue weighted by atomic mass is 9.84. The van der Waals surface area contributed by atoms with E-state index >= 15 is 4.39 Å². The molecule has 0 saturated heterocycles. The summed E-state index contributed by atoms with van der Waals surface area (Å²) in [5.41, 5.74) is -0.835. The Morgan fingerprint density at radius 1 is 1.13 bits per heavy atom. The van der Waals surface area contributed by atoms with Gasteiger partial charge in [-0.05, 0) is 62.4 Å². The minimum atomic E-state index is -4.63. The van der Waals surface area contributed by atoms with Crippen LogP contribution in [0.3, 0.4) is 0 Å². The van der Waals surface area contributed by atoms with Gasteiger partial charge in [-0.3, -0.25) is 9.59 Å². The number of aromatic carboxylic acids is 1. The van der Waals surface area contributed by atoms with Gasteiger partial charge in [0.1, 0.15) is 11.6 Å². The fourth-order valence-corrected chi connectivity index (χ4v) is 7.07. The standard InChI is InChI=1S/C32H26ClF4N5O4/c1-15-38-23-13-41(14-24(23)39-15)28(43)16-5-8-19-25(12-16)42(40-27(19)18-7-6-17(30(45)46)11-22(18)34)29(44)26-20(3-2-4-21(26)33)31(9-10-31)32(35,36)37/h2-4,6-7,11,16H,5,8-10,12-14H2,1H3,(H,38,39)(H,45,46). The number of halogens is 5. The first-order chi connectivity index (χ1) is 21.8. The quantitative estimate of drug-likeness (QED) is 0.255. The highest BCUT2D eigenvalue weighted by Gasteiger charge is 2.65. The Balaban J connectivity index is 1.31. The summed E-state index contributed by atoms with van der Waals surface area (Å²) in [6.07, 6.45) is -4.46. The third kappa shape index (κ3) is 4.70. The predicted molar refractivity (Wildman–Crippen MR) is 156 cm³/mol. The Labute approximate surface area is 264 Å². The van der Waals surface area contributed by atoms with E-state index < -0.39 is 35.2 Å². The minimum Gasteiger partial charge on any atom is -0.478 e. The highest BCUT2D eigenvalue weighted by Crippen LogP contribution is 2.60. The van der Waals surface area contributed by atoms with E-state index in [4.69, 9.17) is 11.6 Å². The number of aryl methyl sites for hydroxylation is 1. The summed E-state index contributed by atoms with van der Waals surface area (Å²) in [5.74, 6) is -3.19. The summed E-state index contributed by atoms with van der Waals surface area (Å²) < 4.78 is 59.1. The van der Waals surface area contributed by atoms with Crippen molar-refractivity contribution < 1.29 is 37.1 Å². The molecule has 3 aliphatic rings. The lowest BCUT2D eigenvalue weighted by molar-refractivity contribution is -0.160. The van der Waals surface area contributed by atoms with Crippen molar-refractivity contribution in [3.63, 3.8) is 0 Å². The molecule has 2 aliphatic carbocycles. The number of carbonyl (C=O) groups is 3. The van der Waals surface area contributed by atoms with Gasteiger partial charge in [0, 0.05) is 23.5 Å². The van der Waals surface area contributed by atoms with Gasteiger partial charge in [0.05, 0.1) is 57.4 Å². The van der Waals surface area contributed by atoms with Gasteiger partial charge in [-0.15, -0.1) is 0 Å². The van der Waals surface area contributed by atoms with Crippen molar-refractivity contribution in [2.24, 2.45) is 5.92 Å². The lowest BCUT2D eigenvalue weighted by Crippen LogP contribution is -2.36. The van der Waals surface area contributed by atoms with E-state index in [1.165, 1.54) is 30.3 Å². The summed E-state index contributed by atoms with van der Waals surface area (Å²) in [4.78, 5) is 48.6. The number of rotatable bonds is 5. The maximum atomic E-state index is 15.3. The van der Waals surface area contributed by atoms with Gasteiger partial charge >= 0.3 is 12.1 Å². The average molecular weight is 656 g/mol. The number of imidazole rings is 1. The number of aromatic nitrogens is 4. The molecule has 14 heteroatoms. The van der Waals surface area contributed by atoms with E-state index in [1.807, 2.05) is 6.92 Å². The molecule has 1 fully saturated rings. The zero-order chi connectivity index (χ0) is 32.7. The topological polar surface area (TPSA) is 121 Å². The molecule has 2 aromatic heterocycles. The number of carbonyl (C=O) groups excluding carboxylic acids is 2. The Kier molecular flexibility index (Phi) is 6.89. The molecule has 2 N–H and O–H groups in total. The van der Waals surface area contributed by atoms with E-state index in [0.29, 0.717) is 25.1 Å². The second-order valence-corrected chi connectivity index (χ2v) is 12.5. The van der Waals surface area contributed by atoms with Crippen LogP contribution in [0.2, 0.25) is 5.02 Å². The monoisotopic (exact) mass is 655 g/mol. The normalized spacial score (nSPS) is 18.3. The number of amides is 1. The summed E-state index contributed by atoms with van der Waals surface area (Å²) in [5, 5.41) is 13.6. The summed E-state index contributed by atoms with van der Waals surface area (Å²) >= 11 is 6.43. The van der Waals surface area contributed by atoms with Crippen molar-refractivity contribution in [1.29, 1.82) is 0 Å². The fourth-order valence-electron chi connectivity index (χ4n) is 6.82. The molecule has 0 radical (unpaired) electrons. The maximum absolute atomic E-state index is 15.3. The molecule has 9 nitrogen and oxygen atoms in total. The summed E-state index contributed by atoms with van der Waals surface area (Å²) in [7, 11) is 0. The molecule has 1 saturated carbocycles. The Hall–Kier alpha value is -4.52. The molecule has 1 atom stereocenters. The fraction of sp³-hybridized carbons (Fsp3) is 0.344. The molecule has 4 aromatic rings. The average Bonchev–Trinajstić information content (AvgIpc) is 3.47. The van der Waals surface area contributed by atoms with Gasteiger partial charge in [-0.2, -0.15) is 23.0 Å². The van der Waals surface area contributed by atoms with Crippen LogP contribution >= 0.6 is 11.6 Å². The first-order valence-corrected chi connectivity index (χ1v) is 15.0. The van der Waals surface area contributed by atoms with Crippen LogP contribution in [0, 0.1) is 18.7 Å². The zero-order valence-electron chi connectivity index (χ0n) is 24.3. The molecule has 7 rings (SSSR count). The van der Waals surface area contributed by atoms with Crippen molar-refractivity contribution in [3.8, 4) is 11.3 Å². The van der Waals surface area contributed by atoms with Crippen molar-refractivity contribution in [2.45, 2.75) is 63.7 Å². The maximum Gasteiger partial charge on any atom is 0.398 e. The number of benzene rings is 2. The largest absolute Gasteiger partial charge is 0.478 e. The highest BCUT2D eigenvalue weighted by molar-refractivity contribution is 6.34. The third-order valence-corrected chi connectivity index (χ3v) is 9.62. The number of hydrogen-bond acceptors (Lipinski definition) is 5. The second-order valence-electron chi connectivity index (χ2n) is 12.1. The van der Waals surface area contributed by atoms with E-state index in [1.54, 1.807) is 4.90 Å². The van der Waals surface area contributed by atoms with Crippen LogP contribution in [-0.4, -0.2) is 53.7 Å². The van der Waals surface area contributed by atoms with Crippen LogP contribution in [0.4, 0.5) is 17.6 Å². The predicted octanol–water partition coefficient (Wildman–Crippen LogP) is 6.00. The number of carboxylic acids is 1. The molecule has 238 valence electrons. The Morgan fingerprint density at radius 2 is 1.89 bits per heavy atom. The number of aromatic amines is 1. The third-order valence-electron chi connectivity index (χ3n) is 9.30. The molecule has 2 aromatic carbocycles. The lowest BCUT2D eigenvalue weighted by Gasteiger charge is -2.27. The van der Waals surface area contributed by atoms with Crippen LogP contribution in [-0.2, 0) is 36.1 Å². The van der Waals surface area contributed by atoms with Crippen LogP contribution in [0.25, 0.3) is 11.3 Å². The highest BCUT2D eigenvalue weighted by atomic mass is 35.5. The molecular weight excluding hydrogens is 630 g/mol. The van der Waals surface area contributed by atoms with E-state index in [9.17, 15) is 32.7 Å². The number of H-pyrrole nitrogens is 1. The minimum absolute atomic E-state index is 0.0167. The van der Waals surface area contributed by atoms with E-state index in [0.717, 1.165) is 28.0 Å². The SMILES string of the molecule is Cc1nc2c([nH]1)CN(C(=O)C1CCc3c(-c4ccc(C(=O)O)cc4F)nn(C(=O)c4c(Cl)cccc4C4(C(F)(F)F)CC4)c3C1)C2. The van der Waals surface area contributed by atoms with Crippen molar-refractivity contribution in [1.82, 2.24) is 24.6 Å². The number of hydrogen-bond donors (Lipinski definition) is 2. The van der Waals surface area contributed by atoms with E-state index in [-0.39, 0.29) is 70.3 Å². The van der Waals surface area contributed by atoms with Crippen LogP contribution in [0.5, 0.6) is 0 Å². The molecule has 1 amide bonds. The second kappa shape index (κ2) is 10.5. The molecule has 1 aliphatic heterocycles. The van der Waals surface area contributed by atoms with Gasteiger partial charge < -0.3 is 15.0 Å². The van der Waals surface area contributed by atoms with Crippen molar-refractivity contribution >= 4 is 29.4 Å². The molecule has 0 bridgehead atoms. The Bertz CT molecular complexity index is 1940. The van der Waals surface area contributed by atoms with Crippen LogP contribution in [0.1, 0.15) is 74.0 Å². The molecule has 1 unspecified atom stereocenters. The van der Waals surface area contributed by atoms with Gasteiger partial charge in [0.15, 0.2) is 0 Å². The number of nitrogens with zero attached hydrogens (tertiary/aromatic N) is 4. The number of nitrogens with one attached hydrogen (secondary N) is 1. The van der Waals surface area contributed by atoms with Gasteiger partial charge in [-0.25, -0.2) is 14.2 Å². The van der Waals surface area contributed by atoms with Gasteiger partial charge in [0.2, 0.25) is 5.91 Å². The molecule has 46 heavy (non-hydrogen) atoms. The van der Waals surface area contributed by atoms with Crippen LogP contribution < -0.4 is 0 Å². The number of fused-ring (bicyclic) bond motifs is 2.